The second-order valence-electron chi connectivity index (χ2n) is 2.36. The normalized spacial score (nSPS) is 10.7. The zero-order valence-electron chi connectivity index (χ0n) is 6.07. The van der Waals surface area contributed by atoms with Gasteiger partial charge in [0.25, 0.3) is 5.56 Å². The quantitative estimate of drug-likeness (QED) is 0.514. The maximum Gasteiger partial charge on any atom is 0.334 e. The highest BCUT2D eigenvalue weighted by molar-refractivity contribution is 5.39. The molecular weight excluding hydrogens is 158 g/mol. The molecule has 0 spiro atoms. The molecule has 0 fully saturated rings. The Labute approximate surface area is 66.0 Å². The molecule has 2 aromatic rings. The second-order valence-corrected chi connectivity index (χ2v) is 2.36. The summed E-state index contributed by atoms with van der Waals surface area (Å²) in [4.78, 5) is 28.0. The fourth-order valence-corrected chi connectivity index (χ4v) is 1.02. The molecule has 0 aromatic carbocycles. The molecule has 0 atom stereocenters. The lowest BCUT2D eigenvalue weighted by molar-refractivity contribution is 0.965. The molecule has 60 valence electrons. The zero-order chi connectivity index (χ0) is 8.72. The molecule has 0 saturated carbocycles. The van der Waals surface area contributed by atoms with Crippen molar-refractivity contribution in [3.05, 3.63) is 38.5 Å². The number of hydrogen-bond acceptors (Lipinski definition) is 3. The number of fused-ring (bicyclic) bond motifs is 1. The standard InChI is InChI=1S/C7H5N3O2/c1-4-5-8-2-3-10(5)7(12)9-6(4)11/h2-3H,1H2,(H,9,11,12). The van der Waals surface area contributed by atoms with Gasteiger partial charge < -0.3 is 0 Å². The van der Waals surface area contributed by atoms with Crippen LogP contribution in [0.3, 0.4) is 0 Å². The van der Waals surface area contributed by atoms with E-state index >= 15 is 0 Å². The predicted octanol–water partition coefficient (Wildman–Crippen LogP) is -1.49. The molecule has 12 heavy (non-hydrogen) atoms. The average Bonchev–Trinajstić information content (AvgIpc) is 2.48. The van der Waals surface area contributed by atoms with E-state index in [1.807, 2.05) is 0 Å². The fourth-order valence-electron chi connectivity index (χ4n) is 1.02. The van der Waals surface area contributed by atoms with Gasteiger partial charge in [0, 0.05) is 12.4 Å². The van der Waals surface area contributed by atoms with Crippen molar-refractivity contribution in [1.82, 2.24) is 14.4 Å². The largest absolute Gasteiger partial charge is 0.334 e. The van der Waals surface area contributed by atoms with Gasteiger partial charge in [0.1, 0.15) is 0 Å². The first kappa shape index (κ1) is 6.78. The molecule has 1 N–H and O–H groups in total. The second kappa shape index (κ2) is 2.04. The molecule has 5 heteroatoms. The Hall–Kier alpha value is -1.91. The van der Waals surface area contributed by atoms with Crippen LogP contribution >= 0.6 is 0 Å². The van der Waals surface area contributed by atoms with Crippen molar-refractivity contribution >= 4 is 12.2 Å². The molecule has 2 aromatic heterocycles. The third-order valence-electron chi connectivity index (χ3n) is 1.62. The highest BCUT2D eigenvalue weighted by atomic mass is 16.2. The van der Waals surface area contributed by atoms with E-state index in [2.05, 4.69) is 16.5 Å². The summed E-state index contributed by atoms with van der Waals surface area (Å²) in [5.41, 5.74) is -0.664. The van der Waals surface area contributed by atoms with Crippen LogP contribution in [0.15, 0.2) is 22.0 Å². The minimum Gasteiger partial charge on any atom is -0.273 e. The first-order valence-corrected chi connectivity index (χ1v) is 3.28. The Balaban J connectivity index is 3.30. The van der Waals surface area contributed by atoms with Crippen molar-refractivity contribution in [1.29, 1.82) is 0 Å². The lowest BCUT2D eigenvalue weighted by Gasteiger charge is -1.88. The molecule has 0 saturated heterocycles. The number of hydrogen-bond donors (Lipinski definition) is 1. The molecule has 0 amide bonds. The van der Waals surface area contributed by atoms with Crippen molar-refractivity contribution in [3.63, 3.8) is 0 Å². The van der Waals surface area contributed by atoms with Crippen LogP contribution in [0, 0.1) is 0 Å². The van der Waals surface area contributed by atoms with Gasteiger partial charge in [-0.05, 0) is 0 Å². The van der Waals surface area contributed by atoms with E-state index in [0.717, 1.165) is 0 Å². The van der Waals surface area contributed by atoms with Gasteiger partial charge >= 0.3 is 5.69 Å². The first-order chi connectivity index (χ1) is 5.70. The van der Waals surface area contributed by atoms with Gasteiger partial charge in [0.05, 0.1) is 5.22 Å². The highest BCUT2D eigenvalue weighted by Gasteiger charge is 2.00. The Kier molecular flexibility index (Phi) is 1.15. The number of aromatic amines is 1. The van der Waals surface area contributed by atoms with Crippen LogP contribution in [0.4, 0.5) is 0 Å². The third kappa shape index (κ3) is 0.701. The lowest BCUT2D eigenvalue weighted by Crippen LogP contribution is -2.36. The Morgan fingerprint density at radius 1 is 1.50 bits per heavy atom. The number of H-pyrrole nitrogens is 1. The van der Waals surface area contributed by atoms with Gasteiger partial charge in [-0.25, -0.2) is 9.78 Å². The van der Waals surface area contributed by atoms with E-state index in [0.29, 0.717) is 5.65 Å². The molecule has 0 aliphatic carbocycles. The van der Waals surface area contributed by atoms with Gasteiger partial charge in [-0.1, -0.05) is 6.58 Å². The maximum atomic E-state index is 11.1. The van der Waals surface area contributed by atoms with Crippen LogP contribution in [0.2, 0.25) is 0 Å². The Morgan fingerprint density at radius 2 is 2.25 bits per heavy atom. The minimum atomic E-state index is -0.487. The Morgan fingerprint density at radius 3 is 3.00 bits per heavy atom. The Bertz CT molecular complexity index is 581. The van der Waals surface area contributed by atoms with Crippen molar-refractivity contribution in [3.8, 4) is 0 Å². The van der Waals surface area contributed by atoms with Crippen molar-refractivity contribution in [2.75, 3.05) is 0 Å². The van der Waals surface area contributed by atoms with Crippen molar-refractivity contribution in [2.45, 2.75) is 0 Å². The van der Waals surface area contributed by atoms with Crippen molar-refractivity contribution < 1.29 is 0 Å². The van der Waals surface area contributed by atoms with Crippen LogP contribution < -0.4 is 16.5 Å². The summed E-state index contributed by atoms with van der Waals surface area (Å²) in [6.45, 7) is 3.50. The maximum absolute atomic E-state index is 11.1. The first-order valence-electron chi connectivity index (χ1n) is 3.28. The smallest absolute Gasteiger partial charge is 0.273 e. The van der Waals surface area contributed by atoms with Crippen LogP contribution in [-0.2, 0) is 0 Å². The third-order valence-corrected chi connectivity index (χ3v) is 1.62. The van der Waals surface area contributed by atoms with Crippen molar-refractivity contribution in [2.24, 2.45) is 0 Å². The van der Waals surface area contributed by atoms with Gasteiger partial charge in [-0.2, -0.15) is 0 Å². The van der Waals surface area contributed by atoms with Gasteiger partial charge in [0.15, 0.2) is 5.65 Å². The number of nitrogens with zero attached hydrogens (tertiary/aromatic N) is 2. The summed E-state index contributed by atoms with van der Waals surface area (Å²) in [5, 5.41) is 0.208. The lowest BCUT2D eigenvalue weighted by atomic mass is 10.5. The predicted molar refractivity (Wildman–Crippen MR) is 42.8 cm³/mol. The van der Waals surface area contributed by atoms with Gasteiger partial charge in [-0.15, -0.1) is 0 Å². The van der Waals surface area contributed by atoms with Crippen LogP contribution in [0.1, 0.15) is 0 Å². The molecule has 2 rings (SSSR count). The van der Waals surface area contributed by atoms with Crippen LogP contribution in [0.5, 0.6) is 0 Å². The SMILES string of the molecule is C=c1c(=O)[nH]c(=O)n2ccnc12. The number of aromatic nitrogens is 3. The summed E-state index contributed by atoms with van der Waals surface area (Å²) >= 11 is 0. The van der Waals surface area contributed by atoms with E-state index in [4.69, 9.17) is 0 Å². The topological polar surface area (TPSA) is 67.2 Å². The average molecular weight is 163 g/mol. The van der Waals surface area contributed by atoms with Crippen LogP contribution in [0.25, 0.3) is 12.2 Å². The monoisotopic (exact) mass is 163 g/mol. The van der Waals surface area contributed by atoms with Gasteiger partial charge in [-0.3, -0.25) is 14.2 Å². The summed E-state index contributed by atoms with van der Waals surface area (Å²) in [5.74, 6) is 0. The molecule has 0 unspecified atom stereocenters. The number of imidazole rings is 1. The number of nitrogens with one attached hydrogen (secondary N) is 1. The molecule has 2 heterocycles. The molecule has 0 aliphatic rings. The van der Waals surface area contributed by atoms with E-state index < -0.39 is 11.2 Å². The number of rotatable bonds is 0. The molecule has 0 bridgehead atoms. The summed E-state index contributed by atoms with van der Waals surface area (Å²) < 4.78 is 1.24. The van der Waals surface area contributed by atoms with E-state index in [9.17, 15) is 9.59 Å². The summed E-state index contributed by atoms with van der Waals surface area (Å²) in [7, 11) is 0. The van der Waals surface area contributed by atoms with E-state index in [-0.39, 0.29) is 5.22 Å². The molecule has 5 nitrogen and oxygen atoms in total. The molecule has 0 aliphatic heterocycles. The van der Waals surface area contributed by atoms with E-state index in [1.165, 1.54) is 16.8 Å². The fraction of sp³-hybridized carbons (Fsp3) is 0. The van der Waals surface area contributed by atoms with E-state index in [1.54, 1.807) is 0 Å². The summed E-state index contributed by atoms with van der Waals surface area (Å²) in [6, 6.07) is 0. The van der Waals surface area contributed by atoms with Gasteiger partial charge in [0.2, 0.25) is 0 Å². The minimum absolute atomic E-state index is 0.208. The molecule has 0 radical (unpaired) electrons. The zero-order valence-corrected chi connectivity index (χ0v) is 6.07. The molecular formula is C7H5N3O2. The van der Waals surface area contributed by atoms with Crippen LogP contribution in [-0.4, -0.2) is 14.4 Å². The summed E-state index contributed by atoms with van der Waals surface area (Å²) in [6.07, 6.45) is 2.92. The highest BCUT2D eigenvalue weighted by Crippen LogP contribution is 1.82.